The van der Waals surface area contributed by atoms with Gasteiger partial charge in [0, 0.05) is 42.6 Å². The van der Waals surface area contributed by atoms with Gasteiger partial charge in [-0.2, -0.15) is 0 Å². The SMILES string of the molecule is CCC(=O)N1CCCN(C(=O)c2ccc(Br)c(Cl)c2)CC1. The van der Waals surface area contributed by atoms with Gasteiger partial charge >= 0.3 is 0 Å². The minimum absolute atomic E-state index is 0.0322. The summed E-state index contributed by atoms with van der Waals surface area (Å²) in [4.78, 5) is 27.9. The highest BCUT2D eigenvalue weighted by Gasteiger charge is 2.22. The lowest BCUT2D eigenvalue weighted by Gasteiger charge is -2.22. The average Bonchev–Trinajstić information content (AvgIpc) is 2.74. The van der Waals surface area contributed by atoms with Crippen LogP contribution in [0.25, 0.3) is 0 Å². The molecule has 2 amide bonds. The Labute approximate surface area is 138 Å². The molecule has 1 aliphatic heterocycles. The van der Waals surface area contributed by atoms with Gasteiger partial charge in [-0.25, -0.2) is 0 Å². The molecule has 0 radical (unpaired) electrons. The quantitative estimate of drug-likeness (QED) is 0.799. The molecule has 1 aromatic carbocycles. The van der Waals surface area contributed by atoms with Crippen molar-refractivity contribution in [3.63, 3.8) is 0 Å². The zero-order chi connectivity index (χ0) is 15.4. The van der Waals surface area contributed by atoms with Crippen molar-refractivity contribution < 1.29 is 9.59 Å². The van der Waals surface area contributed by atoms with Gasteiger partial charge in [-0.1, -0.05) is 18.5 Å². The third-order valence-electron chi connectivity index (χ3n) is 3.60. The molecule has 2 rings (SSSR count). The molecule has 1 aliphatic rings. The van der Waals surface area contributed by atoms with Gasteiger partial charge in [0.2, 0.25) is 5.91 Å². The molecular formula is C15H18BrClN2O2. The largest absolute Gasteiger partial charge is 0.341 e. The maximum atomic E-state index is 12.5. The van der Waals surface area contributed by atoms with Crippen molar-refractivity contribution in [3.05, 3.63) is 33.3 Å². The van der Waals surface area contributed by atoms with Gasteiger partial charge in [-0.05, 0) is 40.5 Å². The second-order valence-corrected chi connectivity index (χ2v) is 6.27. The molecule has 0 aliphatic carbocycles. The van der Waals surface area contributed by atoms with Crippen molar-refractivity contribution in [2.24, 2.45) is 0 Å². The van der Waals surface area contributed by atoms with Crippen LogP contribution < -0.4 is 0 Å². The van der Waals surface area contributed by atoms with E-state index >= 15 is 0 Å². The summed E-state index contributed by atoms with van der Waals surface area (Å²) < 4.78 is 0.774. The molecule has 21 heavy (non-hydrogen) atoms. The molecule has 6 heteroatoms. The van der Waals surface area contributed by atoms with Crippen LogP contribution in [0.2, 0.25) is 5.02 Å². The minimum Gasteiger partial charge on any atom is -0.341 e. The van der Waals surface area contributed by atoms with Gasteiger partial charge in [0.25, 0.3) is 5.91 Å². The maximum Gasteiger partial charge on any atom is 0.253 e. The van der Waals surface area contributed by atoms with Crippen LogP contribution in [0.4, 0.5) is 0 Å². The molecule has 0 bridgehead atoms. The Kier molecular flexibility index (Phi) is 5.65. The normalized spacial score (nSPS) is 15.8. The van der Waals surface area contributed by atoms with Crippen LogP contribution in [0, 0.1) is 0 Å². The van der Waals surface area contributed by atoms with E-state index in [-0.39, 0.29) is 11.8 Å². The van der Waals surface area contributed by atoms with Crippen LogP contribution in [-0.2, 0) is 4.79 Å². The zero-order valence-corrected chi connectivity index (χ0v) is 14.3. The maximum absolute atomic E-state index is 12.5. The number of rotatable bonds is 2. The summed E-state index contributed by atoms with van der Waals surface area (Å²) in [5.74, 6) is 0.117. The Morgan fingerprint density at radius 1 is 1.19 bits per heavy atom. The van der Waals surface area contributed by atoms with Crippen LogP contribution in [-0.4, -0.2) is 47.8 Å². The monoisotopic (exact) mass is 372 g/mol. The first-order chi connectivity index (χ1) is 10.0. The van der Waals surface area contributed by atoms with E-state index in [0.717, 1.165) is 17.4 Å². The van der Waals surface area contributed by atoms with Crippen LogP contribution >= 0.6 is 27.5 Å². The number of hydrogen-bond donors (Lipinski definition) is 0. The molecule has 0 spiro atoms. The molecule has 0 saturated carbocycles. The van der Waals surface area contributed by atoms with E-state index in [4.69, 9.17) is 11.6 Å². The molecule has 1 aromatic rings. The summed E-state index contributed by atoms with van der Waals surface area (Å²) in [7, 11) is 0. The second-order valence-electron chi connectivity index (χ2n) is 5.01. The minimum atomic E-state index is -0.0322. The highest BCUT2D eigenvalue weighted by atomic mass is 79.9. The lowest BCUT2D eigenvalue weighted by atomic mass is 10.2. The molecule has 1 fully saturated rings. The first-order valence-electron chi connectivity index (χ1n) is 7.05. The predicted octanol–water partition coefficient (Wildman–Crippen LogP) is 3.19. The topological polar surface area (TPSA) is 40.6 Å². The molecule has 1 heterocycles. The van der Waals surface area contributed by atoms with E-state index in [2.05, 4.69) is 15.9 Å². The Morgan fingerprint density at radius 3 is 2.52 bits per heavy atom. The van der Waals surface area contributed by atoms with Crippen molar-refractivity contribution in [3.8, 4) is 0 Å². The van der Waals surface area contributed by atoms with Gasteiger partial charge in [-0.15, -0.1) is 0 Å². The van der Waals surface area contributed by atoms with Gasteiger partial charge in [0.05, 0.1) is 5.02 Å². The number of carbonyl (C=O) groups excluding carboxylic acids is 2. The van der Waals surface area contributed by atoms with Crippen molar-refractivity contribution in [2.75, 3.05) is 26.2 Å². The van der Waals surface area contributed by atoms with Crippen molar-refractivity contribution in [1.82, 2.24) is 9.80 Å². The van der Waals surface area contributed by atoms with Crippen molar-refractivity contribution >= 4 is 39.3 Å². The number of hydrogen-bond acceptors (Lipinski definition) is 2. The van der Waals surface area contributed by atoms with Crippen LogP contribution in [0.5, 0.6) is 0 Å². The van der Waals surface area contributed by atoms with Crippen LogP contribution in [0.3, 0.4) is 0 Å². The van der Waals surface area contributed by atoms with E-state index in [1.807, 2.05) is 11.8 Å². The highest BCUT2D eigenvalue weighted by molar-refractivity contribution is 9.10. The smallest absolute Gasteiger partial charge is 0.253 e. The Balaban J connectivity index is 2.06. The number of benzene rings is 1. The Morgan fingerprint density at radius 2 is 1.86 bits per heavy atom. The summed E-state index contributed by atoms with van der Waals surface area (Å²) in [5, 5.41) is 0.526. The first-order valence-corrected chi connectivity index (χ1v) is 8.22. The molecule has 114 valence electrons. The van der Waals surface area contributed by atoms with E-state index < -0.39 is 0 Å². The van der Waals surface area contributed by atoms with Gasteiger partial charge in [-0.3, -0.25) is 9.59 Å². The summed E-state index contributed by atoms with van der Waals surface area (Å²) in [5.41, 5.74) is 0.582. The van der Waals surface area contributed by atoms with E-state index in [1.54, 1.807) is 23.1 Å². The molecule has 0 N–H and O–H groups in total. The molecule has 0 unspecified atom stereocenters. The zero-order valence-electron chi connectivity index (χ0n) is 11.9. The molecule has 1 saturated heterocycles. The average molecular weight is 374 g/mol. The lowest BCUT2D eigenvalue weighted by molar-refractivity contribution is -0.130. The van der Waals surface area contributed by atoms with Crippen molar-refractivity contribution in [2.45, 2.75) is 19.8 Å². The van der Waals surface area contributed by atoms with Gasteiger partial charge < -0.3 is 9.80 Å². The summed E-state index contributed by atoms with van der Waals surface area (Å²) in [6, 6.07) is 5.21. The molecular weight excluding hydrogens is 356 g/mol. The fourth-order valence-corrected chi connectivity index (χ4v) is 2.83. The lowest BCUT2D eigenvalue weighted by Crippen LogP contribution is -2.37. The van der Waals surface area contributed by atoms with Crippen molar-refractivity contribution in [1.29, 1.82) is 0 Å². The Bertz CT molecular complexity index is 550. The first kappa shape index (κ1) is 16.3. The summed E-state index contributed by atoms with van der Waals surface area (Å²) in [6.45, 7) is 4.42. The fraction of sp³-hybridized carbons (Fsp3) is 0.467. The van der Waals surface area contributed by atoms with E-state index in [9.17, 15) is 9.59 Å². The summed E-state index contributed by atoms with van der Waals surface area (Å²) >= 11 is 9.36. The third-order valence-corrected chi connectivity index (χ3v) is 4.84. The van der Waals surface area contributed by atoms with E-state index in [0.29, 0.717) is 36.6 Å². The molecule has 0 aromatic heterocycles. The number of halogens is 2. The molecule has 0 atom stereocenters. The number of amides is 2. The van der Waals surface area contributed by atoms with Gasteiger partial charge in [0.1, 0.15) is 0 Å². The highest BCUT2D eigenvalue weighted by Crippen LogP contribution is 2.24. The fourth-order valence-electron chi connectivity index (χ4n) is 2.41. The number of carbonyl (C=O) groups is 2. The predicted molar refractivity (Wildman–Crippen MR) is 86.5 cm³/mol. The number of nitrogens with zero attached hydrogens (tertiary/aromatic N) is 2. The van der Waals surface area contributed by atoms with E-state index in [1.165, 1.54) is 0 Å². The third kappa shape index (κ3) is 3.98. The molecule has 4 nitrogen and oxygen atoms in total. The Hall–Kier alpha value is -1.07. The van der Waals surface area contributed by atoms with Crippen LogP contribution in [0.1, 0.15) is 30.1 Å². The standard InChI is InChI=1S/C15H18BrClN2O2/c1-2-14(20)18-6-3-7-19(9-8-18)15(21)11-4-5-12(16)13(17)10-11/h4-5,10H,2-3,6-9H2,1H3. The second kappa shape index (κ2) is 7.27. The van der Waals surface area contributed by atoms with Gasteiger partial charge in [0.15, 0.2) is 0 Å². The summed E-state index contributed by atoms with van der Waals surface area (Å²) in [6.07, 6.45) is 1.32. The van der Waals surface area contributed by atoms with Crippen LogP contribution in [0.15, 0.2) is 22.7 Å².